The summed E-state index contributed by atoms with van der Waals surface area (Å²) in [5.41, 5.74) is 1.72. The highest BCUT2D eigenvalue weighted by molar-refractivity contribution is 5.48. The SMILES string of the molecule is Cc1cc([N+](=O)[O-])cc(C)c1OCCN1CCOCC1. The summed E-state index contributed by atoms with van der Waals surface area (Å²) in [4.78, 5) is 12.7. The van der Waals surface area contributed by atoms with Crippen LogP contribution >= 0.6 is 0 Å². The average Bonchev–Trinajstić information content (AvgIpc) is 2.42. The van der Waals surface area contributed by atoms with Crippen molar-refractivity contribution in [1.29, 1.82) is 0 Å². The van der Waals surface area contributed by atoms with E-state index in [9.17, 15) is 10.1 Å². The normalized spacial score (nSPS) is 16.1. The van der Waals surface area contributed by atoms with Crippen molar-refractivity contribution in [2.45, 2.75) is 13.8 Å². The molecule has 0 aromatic heterocycles. The summed E-state index contributed by atoms with van der Waals surface area (Å²) in [5.74, 6) is 0.754. The van der Waals surface area contributed by atoms with Gasteiger partial charge in [0.05, 0.1) is 18.1 Å². The van der Waals surface area contributed by atoms with E-state index in [1.165, 1.54) is 0 Å². The molecule has 2 rings (SSSR count). The van der Waals surface area contributed by atoms with E-state index in [4.69, 9.17) is 9.47 Å². The molecule has 1 heterocycles. The minimum absolute atomic E-state index is 0.112. The molecular formula is C14H20N2O4. The summed E-state index contributed by atoms with van der Waals surface area (Å²) in [6, 6.07) is 3.11. The van der Waals surface area contributed by atoms with Gasteiger partial charge in [-0.2, -0.15) is 0 Å². The Morgan fingerprint density at radius 1 is 1.30 bits per heavy atom. The second-order valence-electron chi connectivity index (χ2n) is 4.97. The first kappa shape index (κ1) is 14.7. The number of aryl methyl sites for hydroxylation is 2. The van der Waals surface area contributed by atoms with Crippen LogP contribution in [0, 0.1) is 24.0 Å². The second-order valence-corrected chi connectivity index (χ2v) is 4.97. The van der Waals surface area contributed by atoms with Crippen LogP contribution in [0.1, 0.15) is 11.1 Å². The van der Waals surface area contributed by atoms with E-state index in [0.717, 1.165) is 49.7 Å². The summed E-state index contributed by atoms with van der Waals surface area (Å²) in [5, 5.41) is 10.8. The van der Waals surface area contributed by atoms with Crippen molar-refractivity contribution < 1.29 is 14.4 Å². The highest BCUT2D eigenvalue weighted by atomic mass is 16.6. The maximum Gasteiger partial charge on any atom is 0.270 e. The zero-order valence-electron chi connectivity index (χ0n) is 11.9. The molecule has 6 heteroatoms. The van der Waals surface area contributed by atoms with Crippen molar-refractivity contribution in [2.24, 2.45) is 0 Å². The highest BCUT2D eigenvalue weighted by Crippen LogP contribution is 2.28. The van der Waals surface area contributed by atoms with Crippen molar-refractivity contribution in [3.8, 4) is 5.75 Å². The number of nitro groups is 1. The van der Waals surface area contributed by atoms with E-state index < -0.39 is 0 Å². The largest absolute Gasteiger partial charge is 0.492 e. The Bertz CT molecular complexity index is 461. The minimum atomic E-state index is -0.377. The molecule has 1 saturated heterocycles. The molecule has 0 amide bonds. The van der Waals surface area contributed by atoms with E-state index in [0.29, 0.717) is 6.61 Å². The van der Waals surface area contributed by atoms with Crippen LogP contribution in [0.3, 0.4) is 0 Å². The van der Waals surface area contributed by atoms with Crippen molar-refractivity contribution in [3.63, 3.8) is 0 Å². The second kappa shape index (κ2) is 6.67. The fourth-order valence-electron chi connectivity index (χ4n) is 2.36. The van der Waals surface area contributed by atoms with Gasteiger partial charge in [0, 0.05) is 31.8 Å². The van der Waals surface area contributed by atoms with Gasteiger partial charge in [-0.25, -0.2) is 0 Å². The number of nitro benzene ring substituents is 1. The van der Waals surface area contributed by atoms with Crippen LogP contribution in [0.5, 0.6) is 5.75 Å². The van der Waals surface area contributed by atoms with E-state index in [1.54, 1.807) is 12.1 Å². The molecule has 20 heavy (non-hydrogen) atoms. The lowest BCUT2D eigenvalue weighted by molar-refractivity contribution is -0.385. The first-order valence-electron chi connectivity index (χ1n) is 6.76. The number of morpholine rings is 1. The molecule has 0 N–H and O–H groups in total. The molecule has 0 aliphatic carbocycles. The van der Waals surface area contributed by atoms with Gasteiger partial charge in [-0.3, -0.25) is 15.0 Å². The van der Waals surface area contributed by atoms with Crippen molar-refractivity contribution in [1.82, 2.24) is 4.90 Å². The first-order chi connectivity index (χ1) is 9.58. The van der Waals surface area contributed by atoms with Crippen LogP contribution in [0.15, 0.2) is 12.1 Å². The van der Waals surface area contributed by atoms with Crippen LogP contribution < -0.4 is 4.74 Å². The molecule has 0 spiro atoms. The molecule has 6 nitrogen and oxygen atoms in total. The summed E-state index contributed by atoms with van der Waals surface area (Å²) in [6.07, 6.45) is 0. The maximum atomic E-state index is 10.8. The number of non-ortho nitro benzene ring substituents is 1. The van der Waals surface area contributed by atoms with Gasteiger partial charge < -0.3 is 9.47 Å². The van der Waals surface area contributed by atoms with Gasteiger partial charge in [-0.05, 0) is 25.0 Å². The Morgan fingerprint density at radius 2 is 1.90 bits per heavy atom. The Morgan fingerprint density at radius 3 is 2.45 bits per heavy atom. The van der Waals surface area contributed by atoms with Crippen LogP contribution in [0.25, 0.3) is 0 Å². The topological polar surface area (TPSA) is 64.8 Å². The van der Waals surface area contributed by atoms with Gasteiger partial charge >= 0.3 is 0 Å². The Balaban J connectivity index is 1.93. The smallest absolute Gasteiger partial charge is 0.270 e. The fourth-order valence-corrected chi connectivity index (χ4v) is 2.36. The van der Waals surface area contributed by atoms with Gasteiger partial charge in [-0.15, -0.1) is 0 Å². The minimum Gasteiger partial charge on any atom is -0.492 e. The fraction of sp³-hybridized carbons (Fsp3) is 0.571. The van der Waals surface area contributed by atoms with Gasteiger partial charge in [0.2, 0.25) is 0 Å². The Labute approximate surface area is 118 Å². The summed E-state index contributed by atoms with van der Waals surface area (Å²) < 4.78 is 11.1. The molecule has 1 aliphatic rings. The number of hydrogen-bond donors (Lipinski definition) is 0. The van der Waals surface area contributed by atoms with Crippen LogP contribution in [-0.2, 0) is 4.74 Å². The third-order valence-corrected chi connectivity index (χ3v) is 3.41. The van der Waals surface area contributed by atoms with Crippen molar-refractivity contribution in [2.75, 3.05) is 39.5 Å². The van der Waals surface area contributed by atoms with Gasteiger partial charge in [0.15, 0.2) is 0 Å². The van der Waals surface area contributed by atoms with Crippen molar-refractivity contribution >= 4 is 5.69 Å². The van der Waals surface area contributed by atoms with Crippen LogP contribution in [0.4, 0.5) is 5.69 Å². The molecule has 1 aromatic carbocycles. The van der Waals surface area contributed by atoms with E-state index in [2.05, 4.69) is 4.90 Å². The zero-order valence-corrected chi connectivity index (χ0v) is 11.9. The van der Waals surface area contributed by atoms with E-state index in [1.807, 2.05) is 13.8 Å². The third kappa shape index (κ3) is 3.68. The number of benzene rings is 1. The summed E-state index contributed by atoms with van der Waals surface area (Å²) in [7, 11) is 0. The molecule has 0 unspecified atom stereocenters. The Hall–Kier alpha value is -1.66. The van der Waals surface area contributed by atoms with Crippen LogP contribution in [0.2, 0.25) is 0 Å². The molecule has 1 fully saturated rings. The quantitative estimate of drug-likeness (QED) is 0.609. The molecule has 110 valence electrons. The van der Waals surface area contributed by atoms with Crippen molar-refractivity contribution in [3.05, 3.63) is 33.4 Å². The number of hydrogen-bond acceptors (Lipinski definition) is 5. The molecule has 0 saturated carbocycles. The van der Waals surface area contributed by atoms with Crippen LogP contribution in [-0.4, -0.2) is 49.3 Å². The summed E-state index contributed by atoms with van der Waals surface area (Å²) >= 11 is 0. The maximum absolute atomic E-state index is 10.8. The molecule has 1 aromatic rings. The molecule has 0 bridgehead atoms. The van der Waals surface area contributed by atoms with Gasteiger partial charge in [0.25, 0.3) is 5.69 Å². The molecule has 0 radical (unpaired) electrons. The Kier molecular flexibility index (Phi) is 4.92. The van der Waals surface area contributed by atoms with Gasteiger partial charge in [-0.1, -0.05) is 0 Å². The number of ether oxygens (including phenoxy) is 2. The lowest BCUT2D eigenvalue weighted by Gasteiger charge is -2.26. The van der Waals surface area contributed by atoms with Gasteiger partial charge in [0.1, 0.15) is 12.4 Å². The lowest BCUT2D eigenvalue weighted by Crippen LogP contribution is -2.38. The highest BCUT2D eigenvalue weighted by Gasteiger charge is 2.14. The first-order valence-corrected chi connectivity index (χ1v) is 6.76. The average molecular weight is 280 g/mol. The summed E-state index contributed by atoms with van der Waals surface area (Å²) in [6.45, 7) is 8.52. The molecule has 1 aliphatic heterocycles. The standard InChI is InChI=1S/C14H20N2O4/c1-11-9-13(16(17)18)10-12(2)14(11)20-8-5-15-3-6-19-7-4-15/h9-10H,3-8H2,1-2H3. The lowest BCUT2D eigenvalue weighted by atomic mass is 10.1. The van der Waals surface area contributed by atoms with E-state index >= 15 is 0 Å². The molecular weight excluding hydrogens is 260 g/mol. The predicted octanol–water partition coefficient (Wildman–Crippen LogP) is 1.92. The zero-order chi connectivity index (χ0) is 14.5. The predicted molar refractivity (Wildman–Crippen MR) is 75.3 cm³/mol. The third-order valence-electron chi connectivity index (χ3n) is 3.41. The van der Waals surface area contributed by atoms with E-state index in [-0.39, 0.29) is 10.6 Å². The number of rotatable bonds is 5. The number of nitrogens with zero attached hydrogens (tertiary/aromatic N) is 2. The molecule has 0 atom stereocenters. The monoisotopic (exact) mass is 280 g/mol.